The van der Waals surface area contributed by atoms with E-state index in [2.05, 4.69) is 10.6 Å². The Hall–Kier alpha value is -2.70. The van der Waals surface area contributed by atoms with Crippen LogP contribution < -0.4 is 15.4 Å². The molecule has 1 amide bonds. The van der Waals surface area contributed by atoms with Crippen molar-refractivity contribution in [3.63, 3.8) is 0 Å². The first-order valence-electron chi connectivity index (χ1n) is 8.25. The summed E-state index contributed by atoms with van der Waals surface area (Å²) in [6, 6.07) is 10.1. The molecule has 140 valence electrons. The minimum atomic E-state index is -4.55. The van der Waals surface area contributed by atoms with Gasteiger partial charge in [-0.2, -0.15) is 13.2 Å². The van der Waals surface area contributed by atoms with Crippen LogP contribution in [0, 0.1) is 0 Å². The van der Waals surface area contributed by atoms with Gasteiger partial charge in [0.2, 0.25) is 0 Å². The molecule has 2 N–H and O–H groups in total. The number of rotatable bonds is 7. The highest BCUT2D eigenvalue weighted by atomic mass is 19.4. The zero-order valence-corrected chi connectivity index (χ0v) is 14.6. The smallest absolute Gasteiger partial charge is 0.418 e. The van der Waals surface area contributed by atoms with Crippen molar-refractivity contribution in [2.24, 2.45) is 0 Å². The lowest BCUT2D eigenvalue weighted by molar-refractivity contribution is -0.137. The van der Waals surface area contributed by atoms with Crippen LogP contribution in [0.3, 0.4) is 0 Å². The molecule has 0 aliphatic carbocycles. The zero-order chi connectivity index (χ0) is 19.2. The van der Waals surface area contributed by atoms with Gasteiger partial charge in [0.15, 0.2) is 0 Å². The number of hydrogen-bond acceptors (Lipinski definition) is 3. The van der Waals surface area contributed by atoms with Crippen LogP contribution in [0.15, 0.2) is 42.5 Å². The fraction of sp³-hybridized carbons (Fsp3) is 0.316. The summed E-state index contributed by atoms with van der Waals surface area (Å²) >= 11 is 0. The normalized spacial score (nSPS) is 11.1. The molecule has 2 rings (SSSR count). The summed E-state index contributed by atoms with van der Waals surface area (Å²) < 4.78 is 45.1. The Bertz CT molecular complexity index is 761. The lowest BCUT2D eigenvalue weighted by atomic mass is 10.1. The van der Waals surface area contributed by atoms with Crippen LogP contribution in [-0.2, 0) is 6.18 Å². The van der Waals surface area contributed by atoms with Gasteiger partial charge in [0.1, 0.15) is 5.75 Å². The Kier molecular flexibility index (Phi) is 6.49. The number of amides is 1. The van der Waals surface area contributed by atoms with E-state index in [1.165, 1.54) is 19.2 Å². The summed E-state index contributed by atoms with van der Waals surface area (Å²) in [6.45, 7) is 2.40. The standard InChI is InChI=1S/C19H21F3N2O2/c1-3-4-10-23-17-9-8-13(11-16(17)19(20,21)22)18(25)24-14-6-5-7-15(12-14)26-2/h5-9,11-12,23H,3-4,10H2,1-2H3,(H,24,25). The second-order valence-corrected chi connectivity index (χ2v) is 5.72. The first-order chi connectivity index (χ1) is 12.3. The molecule has 0 saturated heterocycles. The zero-order valence-electron chi connectivity index (χ0n) is 14.6. The van der Waals surface area contributed by atoms with Crippen molar-refractivity contribution in [2.45, 2.75) is 25.9 Å². The molecule has 0 heterocycles. The summed E-state index contributed by atoms with van der Waals surface area (Å²) in [6.07, 6.45) is -2.93. The number of unbranched alkanes of at least 4 members (excludes halogenated alkanes) is 1. The molecular weight excluding hydrogens is 345 g/mol. The molecule has 26 heavy (non-hydrogen) atoms. The molecule has 0 spiro atoms. The van der Waals surface area contributed by atoms with Gasteiger partial charge in [-0.05, 0) is 36.8 Å². The fourth-order valence-electron chi connectivity index (χ4n) is 2.38. The number of benzene rings is 2. The maximum atomic E-state index is 13.3. The number of nitrogens with one attached hydrogen (secondary N) is 2. The molecule has 0 saturated carbocycles. The van der Waals surface area contributed by atoms with Crippen LogP contribution >= 0.6 is 0 Å². The quantitative estimate of drug-likeness (QED) is 0.664. The van der Waals surface area contributed by atoms with Gasteiger partial charge in [-0.3, -0.25) is 4.79 Å². The Labute approximate surface area is 150 Å². The fourth-order valence-corrected chi connectivity index (χ4v) is 2.38. The summed E-state index contributed by atoms with van der Waals surface area (Å²) in [5, 5.41) is 5.36. The average Bonchev–Trinajstić information content (AvgIpc) is 2.61. The first kappa shape index (κ1) is 19.6. The number of ether oxygens (including phenoxy) is 1. The second-order valence-electron chi connectivity index (χ2n) is 5.72. The third-order valence-corrected chi connectivity index (χ3v) is 3.76. The molecule has 4 nitrogen and oxygen atoms in total. The molecule has 0 fully saturated rings. The summed E-state index contributed by atoms with van der Waals surface area (Å²) in [5.41, 5.74) is -0.509. The summed E-state index contributed by atoms with van der Waals surface area (Å²) in [5.74, 6) is -0.0851. The summed E-state index contributed by atoms with van der Waals surface area (Å²) in [7, 11) is 1.49. The van der Waals surface area contributed by atoms with E-state index in [-0.39, 0.29) is 11.3 Å². The van der Waals surface area contributed by atoms with E-state index in [4.69, 9.17) is 4.74 Å². The van der Waals surface area contributed by atoms with Gasteiger partial charge in [-0.15, -0.1) is 0 Å². The van der Waals surface area contributed by atoms with Gasteiger partial charge in [0, 0.05) is 29.5 Å². The number of methoxy groups -OCH3 is 1. The van der Waals surface area contributed by atoms with Gasteiger partial charge in [-0.1, -0.05) is 19.4 Å². The number of carbonyl (C=O) groups is 1. The SMILES string of the molecule is CCCCNc1ccc(C(=O)Nc2cccc(OC)c2)cc1C(F)(F)F. The highest BCUT2D eigenvalue weighted by Crippen LogP contribution is 2.35. The number of alkyl halides is 3. The predicted octanol–water partition coefficient (Wildman–Crippen LogP) is 5.18. The van der Waals surface area contributed by atoms with Crippen molar-refractivity contribution >= 4 is 17.3 Å². The van der Waals surface area contributed by atoms with E-state index in [0.29, 0.717) is 18.0 Å². The topological polar surface area (TPSA) is 50.4 Å². The minimum Gasteiger partial charge on any atom is -0.497 e. The molecule has 0 unspecified atom stereocenters. The highest BCUT2D eigenvalue weighted by molar-refractivity contribution is 6.04. The molecule has 0 atom stereocenters. The van der Waals surface area contributed by atoms with Crippen molar-refractivity contribution in [1.82, 2.24) is 0 Å². The minimum absolute atomic E-state index is 0.0242. The molecule has 2 aromatic carbocycles. The molecule has 0 aromatic heterocycles. The van der Waals surface area contributed by atoms with Crippen LogP contribution in [0.5, 0.6) is 5.75 Å². The second kappa shape index (κ2) is 8.60. The van der Waals surface area contributed by atoms with Crippen molar-refractivity contribution in [1.29, 1.82) is 0 Å². The molecule has 0 aliphatic heterocycles. The monoisotopic (exact) mass is 366 g/mol. The third kappa shape index (κ3) is 5.15. The van der Waals surface area contributed by atoms with Crippen molar-refractivity contribution in [3.05, 3.63) is 53.6 Å². The maximum absolute atomic E-state index is 13.3. The first-order valence-corrected chi connectivity index (χ1v) is 8.25. The molecule has 0 radical (unpaired) electrons. The lowest BCUT2D eigenvalue weighted by Gasteiger charge is -2.16. The van der Waals surface area contributed by atoms with Crippen LogP contribution in [-0.4, -0.2) is 19.6 Å². The van der Waals surface area contributed by atoms with Gasteiger partial charge in [0.25, 0.3) is 5.91 Å². The van der Waals surface area contributed by atoms with Gasteiger partial charge < -0.3 is 15.4 Å². The molecule has 7 heteroatoms. The van der Waals surface area contributed by atoms with E-state index in [1.54, 1.807) is 24.3 Å². The van der Waals surface area contributed by atoms with E-state index < -0.39 is 17.6 Å². The van der Waals surface area contributed by atoms with Crippen molar-refractivity contribution < 1.29 is 22.7 Å². The van der Waals surface area contributed by atoms with Gasteiger partial charge in [-0.25, -0.2) is 0 Å². The number of anilines is 2. The largest absolute Gasteiger partial charge is 0.497 e. The van der Waals surface area contributed by atoms with Crippen LogP contribution in [0.4, 0.5) is 24.5 Å². The summed E-state index contributed by atoms with van der Waals surface area (Å²) in [4.78, 5) is 12.3. The van der Waals surface area contributed by atoms with Crippen molar-refractivity contribution in [2.75, 3.05) is 24.3 Å². The van der Waals surface area contributed by atoms with E-state index >= 15 is 0 Å². The molecular formula is C19H21F3N2O2. The van der Waals surface area contributed by atoms with E-state index in [1.807, 2.05) is 6.92 Å². The van der Waals surface area contributed by atoms with Crippen LogP contribution in [0.2, 0.25) is 0 Å². The van der Waals surface area contributed by atoms with Crippen molar-refractivity contribution in [3.8, 4) is 5.75 Å². The Morgan fingerprint density at radius 2 is 1.92 bits per heavy atom. The van der Waals surface area contributed by atoms with Gasteiger partial charge >= 0.3 is 6.18 Å². The molecule has 0 bridgehead atoms. The molecule has 0 aliphatic rings. The molecule has 2 aromatic rings. The van der Waals surface area contributed by atoms with Crippen LogP contribution in [0.25, 0.3) is 0 Å². The Morgan fingerprint density at radius 3 is 2.58 bits per heavy atom. The third-order valence-electron chi connectivity index (χ3n) is 3.76. The van der Waals surface area contributed by atoms with Crippen LogP contribution in [0.1, 0.15) is 35.7 Å². The highest BCUT2D eigenvalue weighted by Gasteiger charge is 2.34. The number of halogens is 3. The van der Waals surface area contributed by atoms with E-state index in [9.17, 15) is 18.0 Å². The number of hydrogen-bond donors (Lipinski definition) is 2. The van der Waals surface area contributed by atoms with E-state index in [0.717, 1.165) is 18.9 Å². The lowest BCUT2D eigenvalue weighted by Crippen LogP contribution is -2.16. The Balaban J connectivity index is 2.24. The Morgan fingerprint density at radius 1 is 1.15 bits per heavy atom. The average molecular weight is 366 g/mol. The predicted molar refractivity (Wildman–Crippen MR) is 95.8 cm³/mol. The maximum Gasteiger partial charge on any atom is 0.418 e. The number of carbonyl (C=O) groups excluding carboxylic acids is 1. The van der Waals surface area contributed by atoms with Gasteiger partial charge in [0.05, 0.1) is 12.7 Å².